The molecule has 0 radical (unpaired) electrons. The number of nitrogens with one attached hydrogen (secondary N) is 2. The monoisotopic (exact) mass is 342 g/mol. The zero-order valence-corrected chi connectivity index (χ0v) is 13.1. The van der Waals surface area contributed by atoms with Crippen molar-refractivity contribution >= 4 is 38.5 Å². The summed E-state index contributed by atoms with van der Waals surface area (Å²) in [4.78, 5) is 0.184. The van der Waals surface area contributed by atoms with Gasteiger partial charge in [0.15, 0.2) is 14.9 Å². The van der Waals surface area contributed by atoms with E-state index in [1.54, 1.807) is 0 Å². The van der Waals surface area contributed by atoms with E-state index in [0.29, 0.717) is 5.69 Å². The van der Waals surface area contributed by atoms with E-state index in [9.17, 15) is 17.2 Å². The minimum atomic E-state index is -3.27. The van der Waals surface area contributed by atoms with Gasteiger partial charge in [-0.05, 0) is 48.6 Å². The van der Waals surface area contributed by atoms with Crippen molar-refractivity contribution in [1.82, 2.24) is 0 Å². The summed E-state index contributed by atoms with van der Waals surface area (Å²) in [5, 5.41) is 5.55. The Hall–Kier alpha value is -2.06. The molecule has 0 aliphatic heterocycles. The van der Waals surface area contributed by atoms with E-state index in [-0.39, 0.29) is 15.7 Å². The van der Waals surface area contributed by atoms with Crippen LogP contribution in [0.15, 0.2) is 47.4 Å². The van der Waals surface area contributed by atoms with Gasteiger partial charge in [0.25, 0.3) is 0 Å². The van der Waals surface area contributed by atoms with Crippen LogP contribution in [0.25, 0.3) is 0 Å². The van der Waals surface area contributed by atoms with Crippen molar-refractivity contribution in [3.8, 4) is 0 Å². The fourth-order valence-corrected chi connectivity index (χ4v) is 2.57. The van der Waals surface area contributed by atoms with Gasteiger partial charge in [0.2, 0.25) is 0 Å². The smallest absolute Gasteiger partial charge is 0.175 e. The first-order valence-electron chi connectivity index (χ1n) is 6.08. The minimum Gasteiger partial charge on any atom is -0.332 e. The molecular weight excluding hydrogens is 330 g/mol. The molecule has 0 fully saturated rings. The number of hydrogen-bond donors (Lipinski definition) is 2. The maximum atomic E-state index is 13.1. The predicted molar refractivity (Wildman–Crippen MR) is 85.8 cm³/mol. The normalized spacial score (nSPS) is 11.0. The summed E-state index contributed by atoms with van der Waals surface area (Å²) in [6.45, 7) is 0. The lowest BCUT2D eigenvalue weighted by molar-refractivity contribution is 0.584. The lowest BCUT2D eigenvalue weighted by atomic mass is 10.3. The Balaban J connectivity index is 2.06. The number of anilines is 2. The first kappa shape index (κ1) is 16.3. The van der Waals surface area contributed by atoms with Gasteiger partial charge in [-0.1, -0.05) is 0 Å². The van der Waals surface area contributed by atoms with Gasteiger partial charge in [-0.25, -0.2) is 17.2 Å². The molecule has 0 spiro atoms. The Morgan fingerprint density at radius 1 is 0.955 bits per heavy atom. The first-order chi connectivity index (χ1) is 10.2. The molecular formula is C14H12F2N2O2S2. The van der Waals surface area contributed by atoms with Crippen molar-refractivity contribution in [3.63, 3.8) is 0 Å². The molecule has 0 unspecified atom stereocenters. The van der Waals surface area contributed by atoms with Crippen LogP contribution in [-0.4, -0.2) is 19.8 Å². The molecule has 2 N–H and O–H groups in total. The Morgan fingerprint density at radius 3 is 1.95 bits per heavy atom. The third-order valence-corrected chi connectivity index (χ3v) is 3.99. The summed E-state index contributed by atoms with van der Waals surface area (Å²) < 4.78 is 48.8. The van der Waals surface area contributed by atoms with Gasteiger partial charge < -0.3 is 10.6 Å². The summed E-state index contributed by atoms with van der Waals surface area (Å²) in [5.74, 6) is -1.44. The zero-order chi connectivity index (χ0) is 16.3. The number of sulfone groups is 1. The highest BCUT2D eigenvalue weighted by atomic mass is 32.2. The van der Waals surface area contributed by atoms with Gasteiger partial charge >= 0.3 is 0 Å². The molecule has 116 valence electrons. The van der Waals surface area contributed by atoms with E-state index in [2.05, 4.69) is 10.6 Å². The van der Waals surface area contributed by atoms with Crippen LogP contribution in [0, 0.1) is 11.6 Å². The molecule has 4 nitrogen and oxygen atoms in total. The highest BCUT2D eigenvalue weighted by Crippen LogP contribution is 2.16. The van der Waals surface area contributed by atoms with Crippen molar-refractivity contribution in [2.45, 2.75) is 4.90 Å². The Labute approximate surface area is 132 Å². The van der Waals surface area contributed by atoms with Crippen molar-refractivity contribution in [2.75, 3.05) is 16.9 Å². The van der Waals surface area contributed by atoms with Gasteiger partial charge in [0.1, 0.15) is 11.6 Å². The number of rotatable bonds is 3. The quantitative estimate of drug-likeness (QED) is 0.839. The highest BCUT2D eigenvalue weighted by molar-refractivity contribution is 7.90. The number of halogens is 2. The molecule has 0 aliphatic rings. The van der Waals surface area contributed by atoms with E-state index in [4.69, 9.17) is 12.2 Å². The Morgan fingerprint density at radius 2 is 1.45 bits per heavy atom. The fourth-order valence-electron chi connectivity index (χ4n) is 1.70. The molecule has 2 rings (SSSR count). The second kappa shape index (κ2) is 6.37. The van der Waals surface area contributed by atoms with Crippen LogP contribution in [0.2, 0.25) is 0 Å². The first-order valence-corrected chi connectivity index (χ1v) is 8.38. The SMILES string of the molecule is CS(=O)(=O)c1ccc(NC(=S)Nc2cc(F)cc(F)c2)cc1. The van der Waals surface area contributed by atoms with Crippen molar-refractivity contribution in [3.05, 3.63) is 54.1 Å². The molecule has 2 aromatic rings. The molecule has 0 atom stereocenters. The number of thiocarbonyl (C=S) groups is 1. The molecule has 0 saturated heterocycles. The van der Waals surface area contributed by atoms with E-state index in [0.717, 1.165) is 24.5 Å². The molecule has 8 heteroatoms. The van der Waals surface area contributed by atoms with Crippen LogP contribution in [0.3, 0.4) is 0 Å². The van der Waals surface area contributed by atoms with Crippen LogP contribution in [0.1, 0.15) is 0 Å². The van der Waals surface area contributed by atoms with Crippen LogP contribution in [-0.2, 0) is 9.84 Å². The minimum absolute atomic E-state index is 0.122. The van der Waals surface area contributed by atoms with Crippen LogP contribution in [0.5, 0.6) is 0 Å². The summed E-state index contributed by atoms with van der Waals surface area (Å²) in [5.41, 5.74) is 0.713. The Kier molecular flexibility index (Phi) is 4.72. The molecule has 0 aromatic heterocycles. The summed E-state index contributed by atoms with van der Waals surface area (Å²) in [7, 11) is -3.27. The van der Waals surface area contributed by atoms with E-state index < -0.39 is 21.5 Å². The standard InChI is InChI=1S/C14H12F2N2O2S2/c1-22(19,20)13-4-2-11(3-5-13)17-14(21)18-12-7-9(15)6-10(16)8-12/h2-8H,1H3,(H2,17,18,21). The van der Waals surface area contributed by atoms with Gasteiger partial charge in [-0.2, -0.15) is 0 Å². The van der Waals surface area contributed by atoms with Gasteiger partial charge in [-0.3, -0.25) is 0 Å². The van der Waals surface area contributed by atoms with Crippen molar-refractivity contribution in [2.24, 2.45) is 0 Å². The van der Waals surface area contributed by atoms with Gasteiger partial charge in [-0.15, -0.1) is 0 Å². The third kappa shape index (κ3) is 4.47. The second-order valence-electron chi connectivity index (χ2n) is 4.53. The second-order valence-corrected chi connectivity index (χ2v) is 6.96. The summed E-state index contributed by atoms with van der Waals surface area (Å²) in [6.07, 6.45) is 1.11. The predicted octanol–water partition coefficient (Wildman–Crippen LogP) is 3.18. The molecule has 0 heterocycles. The Bertz CT molecular complexity index is 786. The maximum Gasteiger partial charge on any atom is 0.175 e. The average molecular weight is 342 g/mol. The van der Waals surface area contributed by atoms with E-state index in [1.807, 2.05) is 0 Å². The lowest BCUT2D eigenvalue weighted by Gasteiger charge is -2.11. The number of benzene rings is 2. The molecule has 0 amide bonds. The topological polar surface area (TPSA) is 58.2 Å². The van der Waals surface area contributed by atoms with Crippen molar-refractivity contribution in [1.29, 1.82) is 0 Å². The molecule has 0 aliphatic carbocycles. The van der Waals surface area contributed by atoms with E-state index in [1.165, 1.54) is 24.3 Å². The van der Waals surface area contributed by atoms with Crippen molar-refractivity contribution < 1.29 is 17.2 Å². The molecule has 22 heavy (non-hydrogen) atoms. The summed E-state index contributed by atoms with van der Waals surface area (Å²) >= 11 is 5.03. The molecule has 2 aromatic carbocycles. The largest absolute Gasteiger partial charge is 0.332 e. The molecule has 0 bridgehead atoms. The fraction of sp³-hybridized carbons (Fsp3) is 0.0714. The van der Waals surface area contributed by atoms with Crippen LogP contribution in [0.4, 0.5) is 20.2 Å². The van der Waals surface area contributed by atoms with E-state index >= 15 is 0 Å². The lowest BCUT2D eigenvalue weighted by Crippen LogP contribution is -2.19. The molecule has 0 saturated carbocycles. The van der Waals surface area contributed by atoms with Gasteiger partial charge in [0, 0.05) is 23.7 Å². The third-order valence-electron chi connectivity index (χ3n) is 2.66. The average Bonchev–Trinajstić information content (AvgIpc) is 2.36. The van der Waals surface area contributed by atoms with Crippen LogP contribution < -0.4 is 10.6 Å². The maximum absolute atomic E-state index is 13.1. The number of hydrogen-bond acceptors (Lipinski definition) is 3. The van der Waals surface area contributed by atoms with Crippen LogP contribution >= 0.6 is 12.2 Å². The highest BCUT2D eigenvalue weighted by Gasteiger charge is 2.07. The summed E-state index contributed by atoms with van der Waals surface area (Å²) in [6, 6.07) is 8.90. The van der Waals surface area contributed by atoms with Gasteiger partial charge in [0.05, 0.1) is 4.90 Å². The zero-order valence-electron chi connectivity index (χ0n) is 11.4.